The number of hydrogen-bond acceptors (Lipinski definition) is 3. The Kier molecular flexibility index (Phi) is 6.78. The fourth-order valence-electron chi connectivity index (χ4n) is 1.76. The summed E-state index contributed by atoms with van der Waals surface area (Å²) in [5.41, 5.74) is -0.491. The maximum absolute atomic E-state index is 11.9. The number of amides is 1. The van der Waals surface area contributed by atoms with E-state index < -0.39 is 5.41 Å². The fraction of sp³-hybridized carbons (Fsp3) is 0.600. The van der Waals surface area contributed by atoms with Crippen LogP contribution in [-0.4, -0.2) is 38.5 Å². The van der Waals surface area contributed by atoms with Crippen molar-refractivity contribution >= 4 is 11.9 Å². The largest absolute Gasteiger partial charge is 0.469 e. The van der Waals surface area contributed by atoms with Crippen LogP contribution in [0.1, 0.15) is 26.5 Å². The Bertz CT molecular complexity index is 452. The molecular weight excluding hydrogens is 268 g/mol. The Morgan fingerprint density at radius 1 is 1.33 bits per heavy atom. The molecule has 1 amide bonds. The Balaban J connectivity index is 2.35. The highest BCUT2D eigenvalue weighted by molar-refractivity contribution is 5.84. The topological polar surface area (TPSA) is 78.7 Å². The minimum atomic E-state index is -0.491. The van der Waals surface area contributed by atoms with Crippen LogP contribution < -0.4 is 16.0 Å². The van der Waals surface area contributed by atoms with E-state index in [-0.39, 0.29) is 5.91 Å². The smallest absolute Gasteiger partial charge is 0.227 e. The maximum Gasteiger partial charge on any atom is 0.227 e. The molecular formula is C15H26N4O2. The summed E-state index contributed by atoms with van der Waals surface area (Å²) in [5.74, 6) is 1.64. The number of carbonyl (C=O) groups is 1. The van der Waals surface area contributed by atoms with Crippen molar-refractivity contribution < 1.29 is 9.21 Å². The third-order valence-electron chi connectivity index (χ3n) is 3.12. The van der Waals surface area contributed by atoms with Gasteiger partial charge < -0.3 is 20.4 Å². The molecule has 1 rings (SSSR count). The van der Waals surface area contributed by atoms with Crippen LogP contribution >= 0.6 is 0 Å². The number of hydrogen-bond donors (Lipinski definition) is 3. The first-order valence-corrected chi connectivity index (χ1v) is 7.24. The van der Waals surface area contributed by atoms with Gasteiger partial charge in [0.1, 0.15) is 5.76 Å². The van der Waals surface area contributed by atoms with Gasteiger partial charge in [-0.05, 0) is 32.9 Å². The van der Waals surface area contributed by atoms with Gasteiger partial charge >= 0.3 is 0 Å². The zero-order valence-electron chi connectivity index (χ0n) is 13.3. The molecule has 0 aliphatic rings. The van der Waals surface area contributed by atoms with Crippen molar-refractivity contribution in [2.75, 3.05) is 26.7 Å². The molecule has 0 saturated carbocycles. The monoisotopic (exact) mass is 294 g/mol. The number of guanidine groups is 1. The molecule has 0 saturated heterocycles. The molecule has 1 heterocycles. The Hall–Kier alpha value is -1.98. The van der Waals surface area contributed by atoms with Crippen LogP contribution in [0.15, 0.2) is 27.8 Å². The summed E-state index contributed by atoms with van der Waals surface area (Å²) in [4.78, 5) is 16.1. The third-order valence-corrected chi connectivity index (χ3v) is 3.12. The summed E-state index contributed by atoms with van der Waals surface area (Å²) in [6.45, 7) is 7.59. The SMILES string of the molecule is CCNC(=O)C(C)(C)CNC(=NC)NCCc1ccco1. The Morgan fingerprint density at radius 2 is 2.10 bits per heavy atom. The van der Waals surface area contributed by atoms with Crippen LogP contribution in [0.3, 0.4) is 0 Å². The first kappa shape index (κ1) is 17.1. The molecule has 0 unspecified atom stereocenters. The lowest BCUT2D eigenvalue weighted by Gasteiger charge is -2.24. The number of furan rings is 1. The summed E-state index contributed by atoms with van der Waals surface area (Å²) >= 11 is 0. The van der Waals surface area contributed by atoms with Crippen LogP contribution in [0.2, 0.25) is 0 Å². The van der Waals surface area contributed by atoms with Gasteiger partial charge in [-0.15, -0.1) is 0 Å². The summed E-state index contributed by atoms with van der Waals surface area (Å²) in [6.07, 6.45) is 2.45. The molecule has 0 spiro atoms. The van der Waals surface area contributed by atoms with E-state index in [1.54, 1.807) is 13.3 Å². The van der Waals surface area contributed by atoms with E-state index in [4.69, 9.17) is 4.42 Å². The lowest BCUT2D eigenvalue weighted by Crippen LogP contribution is -2.48. The molecule has 3 N–H and O–H groups in total. The van der Waals surface area contributed by atoms with E-state index in [0.717, 1.165) is 18.7 Å². The number of rotatable bonds is 7. The molecule has 0 atom stereocenters. The molecule has 1 aromatic rings. The van der Waals surface area contributed by atoms with Crippen LogP contribution in [0, 0.1) is 5.41 Å². The van der Waals surface area contributed by atoms with Crippen molar-refractivity contribution in [2.45, 2.75) is 27.2 Å². The second-order valence-electron chi connectivity index (χ2n) is 5.43. The number of aliphatic imine (C=N–C) groups is 1. The quantitative estimate of drug-likeness (QED) is 0.521. The normalized spacial score (nSPS) is 12.1. The molecule has 1 aromatic heterocycles. The summed E-state index contributed by atoms with van der Waals surface area (Å²) in [5, 5.41) is 9.21. The number of nitrogens with zero attached hydrogens (tertiary/aromatic N) is 1. The molecule has 118 valence electrons. The highest BCUT2D eigenvalue weighted by atomic mass is 16.3. The van der Waals surface area contributed by atoms with Crippen molar-refractivity contribution in [2.24, 2.45) is 10.4 Å². The van der Waals surface area contributed by atoms with Crippen molar-refractivity contribution in [1.29, 1.82) is 0 Å². The van der Waals surface area contributed by atoms with Gasteiger partial charge in [0.2, 0.25) is 5.91 Å². The lowest BCUT2D eigenvalue weighted by molar-refractivity contribution is -0.128. The standard InChI is InChI=1S/C15H26N4O2/c1-5-17-13(20)15(2,3)11-19-14(16-4)18-9-8-12-7-6-10-21-12/h6-7,10H,5,8-9,11H2,1-4H3,(H,17,20)(H2,16,18,19). The maximum atomic E-state index is 11.9. The van der Waals surface area contributed by atoms with E-state index in [1.165, 1.54) is 0 Å². The van der Waals surface area contributed by atoms with Gasteiger partial charge in [-0.3, -0.25) is 9.79 Å². The molecule has 0 aliphatic heterocycles. The van der Waals surface area contributed by atoms with Crippen LogP contribution in [0.4, 0.5) is 0 Å². The third kappa shape index (κ3) is 5.89. The zero-order valence-corrected chi connectivity index (χ0v) is 13.3. The predicted molar refractivity (Wildman–Crippen MR) is 84.2 cm³/mol. The highest BCUT2D eigenvalue weighted by Crippen LogP contribution is 2.13. The molecule has 6 heteroatoms. The molecule has 0 aliphatic carbocycles. The van der Waals surface area contributed by atoms with E-state index in [0.29, 0.717) is 19.0 Å². The summed E-state index contributed by atoms with van der Waals surface area (Å²) < 4.78 is 5.27. The second kappa shape index (κ2) is 8.34. The molecule has 0 fully saturated rings. The van der Waals surface area contributed by atoms with Crippen molar-refractivity contribution in [3.05, 3.63) is 24.2 Å². The average molecular weight is 294 g/mol. The van der Waals surface area contributed by atoms with Crippen LogP contribution in [0.25, 0.3) is 0 Å². The van der Waals surface area contributed by atoms with Crippen LogP contribution in [0.5, 0.6) is 0 Å². The molecule has 21 heavy (non-hydrogen) atoms. The van der Waals surface area contributed by atoms with Crippen LogP contribution in [-0.2, 0) is 11.2 Å². The Labute approximate surface area is 126 Å². The van der Waals surface area contributed by atoms with Gasteiger partial charge in [0.05, 0.1) is 11.7 Å². The van der Waals surface area contributed by atoms with E-state index >= 15 is 0 Å². The van der Waals surface area contributed by atoms with Crippen molar-refractivity contribution in [3.63, 3.8) is 0 Å². The molecule has 6 nitrogen and oxygen atoms in total. The van der Waals surface area contributed by atoms with Gasteiger partial charge in [0, 0.05) is 33.1 Å². The predicted octanol–water partition coefficient (Wildman–Crippen LogP) is 1.15. The Morgan fingerprint density at radius 3 is 2.67 bits per heavy atom. The first-order chi connectivity index (χ1) is 9.99. The zero-order chi connectivity index (χ0) is 15.7. The average Bonchev–Trinajstić information content (AvgIpc) is 2.96. The van der Waals surface area contributed by atoms with Gasteiger partial charge in [-0.25, -0.2) is 0 Å². The summed E-state index contributed by atoms with van der Waals surface area (Å²) in [6, 6.07) is 3.81. The molecule has 0 bridgehead atoms. The number of nitrogens with one attached hydrogen (secondary N) is 3. The highest BCUT2D eigenvalue weighted by Gasteiger charge is 2.27. The number of carbonyl (C=O) groups excluding carboxylic acids is 1. The summed E-state index contributed by atoms with van der Waals surface area (Å²) in [7, 11) is 1.71. The van der Waals surface area contributed by atoms with Gasteiger partial charge in [0.25, 0.3) is 0 Å². The van der Waals surface area contributed by atoms with Gasteiger partial charge in [-0.1, -0.05) is 0 Å². The van der Waals surface area contributed by atoms with Gasteiger partial charge in [-0.2, -0.15) is 0 Å². The van der Waals surface area contributed by atoms with E-state index in [1.807, 2.05) is 32.9 Å². The van der Waals surface area contributed by atoms with Gasteiger partial charge in [0.15, 0.2) is 5.96 Å². The minimum absolute atomic E-state index is 0.0311. The first-order valence-electron chi connectivity index (χ1n) is 7.24. The van der Waals surface area contributed by atoms with E-state index in [2.05, 4.69) is 20.9 Å². The fourth-order valence-corrected chi connectivity index (χ4v) is 1.76. The van der Waals surface area contributed by atoms with E-state index in [9.17, 15) is 4.79 Å². The van der Waals surface area contributed by atoms with Crippen molar-refractivity contribution in [3.8, 4) is 0 Å². The van der Waals surface area contributed by atoms with Crippen molar-refractivity contribution in [1.82, 2.24) is 16.0 Å². The molecule has 0 radical (unpaired) electrons. The second-order valence-corrected chi connectivity index (χ2v) is 5.43. The minimum Gasteiger partial charge on any atom is -0.469 e. The lowest BCUT2D eigenvalue weighted by atomic mass is 9.92. The molecule has 0 aromatic carbocycles.